The van der Waals surface area contributed by atoms with Crippen molar-refractivity contribution in [3.05, 3.63) is 29.7 Å². The topological polar surface area (TPSA) is 59.7 Å². The lowest BCUT2D eigenvalue weighted by atomic mass is 9.94. The van der Waals surface area contributed by atoms with Gasteiger partial charge < -0.3 is 9.64 Å². The minimum Gasteiger partial charge on any atom is -0.464 e. The van der Waals surface area contributed by atoms with Crippen molar-refractivity contribution in [1.29, 1.82) is 0 Å². The second kappa shape index (κ2) is 6.44. The van der Waals surface area contributed by atoms with Crippen molar-refractivity contribution in [3.63, 3.8) is 0 Å². The third-order valence-electron chi connectivity index (χ3n) is 4.41. The highest BCUT2D eigenvalue weighted by Crippen LogP contribution is 2.21. The number of nitrogens with zero attached hydrogens (tertiary/aromatic N) is 4. The van der Waals surface area contributed by atoms with Crippen LogP contribution in [0.2, 0.25) is 0 Å². The van der Waals surface area contributed by atoms with Crippen molar-refractivity contribution in [2.75, 3.05) is 26.7 Å². The van der Waals surface area contributed by atoms with Crippen molar-refractivity contribution < 1.29 is 9.53 Å². The van der Waals surface area contributed by atoms with Crippen LogP contribution in [0.4, 0.5) is 0 Å². The van der Waals surface area contributed by atoms with Gasteiger partial charge in [-0.3, -0.25) is 4.40 Å². The summed E-state index contributed by atoms with van der Waals surface area (Å²) in [6.07, 6.45) is 3.26. The smallest absolute Gasteiger partial charge is 0.355 e. The zero-order valence-electron chi connectivity index (χ0n) is 13.2. The summed E-state index contributed by atoms with van der Waals surface area (Å²) < 4.78 is 6.70. The Balaban J connectivity index is 1.89. The maximum Gasteiger partial charge on any atom is 0.355 e. The summed E-state index contributed by atoms with van der Waals surface area (Å²) >= 11 is 0. The number of esters is 1. The molecule has 0 amide bonds. The number of hydrogen-bond donors (Lipinski definition) is 0. The maximum atomic E-state index is 12.0. The second-order valence-corrected chi connectivity index (χ2v) is 5.82. The molecule has 1 saturated heterocycles. The van der Waals surface area contributed by atoms with Crippen molar-refractivity contribution in [2.24, 2.45) is 5.92 Å². The Morgan fingerprint density at radius 1 is 1.41 bits per heavy atom. The lowest BCUT2D eigenvalue weighted by Crippen LogP contribution is -2.36. The van der Waals surface area contributed by atoms with Gasteiger partial charge in [-0.15, -0.1) is 10.2 Å². The lowest BCUT2D eigenvalue weighted by Gasteiger charge is -2.31. The highest BCUT2D eigenvalue weighted by molar-refractivity contribution is 5.88. The van der Waals surface area contributed by atoms with Gasteiger partial charge in [-0.2, -0.15) is 0 Å². The molecule has 3 heterocycles. The molecule has 0 N–H and O–H groups in total. The summed E-state index contributed by atoms with van der Waals surface area (Å²) in [4.78, 5) is 14.4. The van der Waals surface area contributed by atoms with Gasteiger partial charge in [0.15, 0.2) is 5.65 Å². The number of ether oxygens (including phenoxy) is 1. The van der Waals surface area contributed by atoms with Crippen molar-refractivity contribution >= 4 is 11.6 Å². The highest BCUT2D eigenvalue weighted by atomic mass is 16.5. The number of piperidine rings is 1. The van der Waals surface area contributed by atoms with Crippen LogP contribution in [0.3, 0.4) is 0 Å². The number of fused-ring (bicyclic) bond motifs is 1. The van der Waals surface area contributed by atoms with E-state index in [1.165, 1.54) is 26.5 Å². The van der Waals surface area contributed by atoms with E-state index in [1.54, 1.807) is 12.1 Å². The number of aromatic nitrogens is 3. The molecule has 0 radical (unpaired) electrons. The molecule has 118 valence electrons. The predicted octanol–water partition coefficient (Wildman–Crippen LogP) is 1.79. The van der Waals surface area contributed by atoms with E-state index in [9.17, 15) is 4.79 Å². The van der Waals surface area contributed by atoms with E-state index in [4.69, 9.17) is 4.74 Å². The number of carbonyl (C=O) groups excluding carboxylic acids is 1. The van der Waals surface area contributed by atoms with Crippen LogP contribution in [0.25, 0.3) is 5.65 Å². The zero-order valence-corrected chi connectivity index (χ0v) is 13.2. The molecule has 3 rings (SSSR count). The summed E-state index contributed by atoms with van der Waals surface area (Å²) in [6, 6.07) is 5.42. The molecule has 0 spiro atoms. The van der Waals surface area contributed by atoms with Gasteiger partial charge in [0.25, 0.3) is 0 Å². The van der Waals surface area contributed by atoms with Gasteiger partial charge in [0, 0.05) is 13.0 Å². The number of hydrogen-bond acceptors (Lipinski definition) is 5. The minimum atomic E-state index is -0.356. The molecule has 1 atom stereocenters. The average molecular weight is 302 g/mol. The first-order valence-electron chi connectivity index (χ1n) is 7.86. The Labute approximate surface area is 130 Å². The van der Waals surface area contributed by atoms with E-state index in [1.807, 2.05) is 10.5 Å². The Morgan fingerprint density at radius 3 is 3.05 bits per heavy atom. The fourth-order valence-corrected chi connectivity index (χ4v) is 3.26. The Morgan fingerprint density at radius 2 is 2.27 bits per heavy atom. The van der Waals surface area contributed by atoms with E-state index in [2.05, 4.69) is 22.0 Å². The summed E-state index contributed by atoms with van der Waals surface area (Å²) in [7, 11) is 1.39. The van der Waals surface area contributed by atoms with Crippen molar-refractivity contribution in [3.8, 4) is 0 Å². The average Bonchev–Trinajstić information content (AvgIpc) is 2.97. The number of rotatable bonds is 4. The van der Waals surface area contributed by atoms with Crippen LogP contribution in [0.1, 0.15) is 36.1 Å². The zero-order chi connectivity index (χ0) is 15.5. The molecule has 2 aromatic heterocycles. The summed E-state index contributed by atoms with van der Waals surface area (Å²) in [5.41, 5.74) is 1.18. The fourth-order valence-electron chi connectivity index (χ4n) is 3.26. The molecule has 0 aromatic carbocycles. The normalized spacial score (nSPS) is 19.5. The molecule has 0 bridgehead atoms. The van der Waals surface area contributed by atoms with Crippen LogP contribution in [0.5, 0.6) is 0 Å². The SMILES string of the molecule is CCN1CCCC(Cc2nnc3cccc(C(=O)OC)n23)C1. The van der Waals surface area contributed by atoms with E-state index < -0.39 is 0 Å². The van der Waals surface area contributed by atoms with Gasteiger partial charge in [0.05, 0.1) is 7.11 Å². The minimum absolute atomic E-state index is 0.356. The third-order valence-corrected chi connectivity index (χ3v) is 4.41. The van der Waals surface area contributed by atoms with Gasteiger partial charge >= 0.3 is 5.97 Å². The molecule has 2 aromatic rings. The van der Waals surface area contributed by atoms with Gasteiger partial charge in [-0.25, -0.2) is 4.79 Å². The number of carbonyl (C=O) groups is 1. The molecule has 22 heavy (non-hydrogen) atoms. The van der Waals surface area contributed by atoms with Crippen LogP contribution in [0, 0.1) is 5.92 Å². The largest absolute Gasteiger partial charge is 0.464 e. The molecular weight excluding hydrogens is 280 g/mol. The first-order chi connectivity index (χ1) is 10.7. The highest BCUT2D eigenvalue weighted by Gasteiger charge is 2.22. The summed E-state index contributed by atoms with van der Waals surface area (Å²) in [6.45, 7) is 5.56. The third kappa shape index (κ3) is 2.83. The number of likely N-dealkylation sites (tertiary alicyclic amines) is 1. The van der Waals surface area contributed by atoms with E-state index in [-0.39, 0.29) is 5.97 Å². The molecule has 1 aliphatic rings. The van der Waals surface area contributed by atoms with Gasteiger partial charge in [-0.1, -0.05) is 13.0 Å². The number of methoxy groups -OCH3 is 1. The molecule has 1 fully saturated rings. The molecule has 6 heteroatoms. The lowest BCUT2D eigenvalue weighted by molar-refractivity contribution is 0.0591. The molecular formula is C16H22N4O2. The van der Waals surface area contributed by atoms with E-state index in [0.29, 0.717) is 17.3 Å². The van der Waals surface area contributed by atoms with Crippen molar-refractivity contribution in [2.45, 2.75) is 26.2 Å². The number of pyridine rings is 1. The quantitative estimate of drug-likeness (QED) is 0.806. The van der Waals surface area contributed by atoms with Crippen LogP contribution in [0.15, 0.2) is 18.2 Å². The van der Waals surface area contributed by atoms with E-state index >= 15 is 0 Å². The van der Waals surface area contributed by atoms with Gasteiger partial charge in [0.1, 0.15) is 11.5 Å². The Hall–Kier alpha value is -1.95. The fraction of sp³-hybridized carbons (Fsp3) is 0.562. The van der Waals surface area contributed by atoms with Crippen molar-refractivity contribution in [1.82, 2.24) is 19.5 Å². The van der Waals surface area contributed by atoms with Crippen LogP contribution in [-0.4, -0.2) is 52.2 Å². The van der Waals surface area contributed by atoms with Crippen LogP contribution >= 0.6 is 0 Å². The summed E-state index contributed by atoms with van der Waals surface area (Å²) in [5, 5.41) is 8.50. The molecule has 0 saturated carbocycles. The molecule has 1 aliphatic heterocycles. The standard InChI is InChI=1S/C16H22N4O2/c1-3-19-9-5-6-12(11-19)10-15-18-17-14-8-4-7-13(20(14)15)16(21)22-2/h4,7-8,12H,3,5-6,9-11H2,1-2H3. The van der Waals surface area contributed by atoms with Gasteiger partial charge in [0.2, 0.25) is 0 Å². The Kier molecular flexibility index (Phi) is 4.38. The first kappa shape index (κ1) is 15.0. The predicted molar refractivity (Wildman–Crippen MR) is 82.9 cm³/mol. The van der Waals surface area contributed by atoms with E-state index in [0.717, 1.165) is 25.3 Å². The second-order valence-electron chi connectivity index (χ2n) is 5.82. The molecule has 1 unspecified atom stereocenters. The first-order valence-corrected chi connectivity index (χ1v) is 7.86. The maximum absolute atomic E-state index is 12.0. The summed E-state index contributed by atoms with van der Waals surface area (Å²) in [5.74, 6) is 1.05. The molecule has 6 nitrogen and oxygen atoms in total. The monoisotopic (exact) mass is 302 g/mol. The van der Waals surface area contributed by atoms with Gasteiger partial charge in [-0.05, 0) is 44.0 Å². The Bertz CT molecular complexity index is 667. The molecule has 0 aliphatic carbocycles. The van der Waals surface area contributed by atoms with Crippen LogP contribution in [-0.2, 0) is 11.2 Å². The van der Waals surface area contributed by atoms with Crippen LogP contribution < -0.4 is 0 Å².